The maximum Gasteiger partial charge on any atom is 0.162 e. The number of methoxy groups -OCH3 is 1. The quantitative estimate of drug-likeness (QED) is 0.843. The van der Waals surface area contributed by atoms with Gasteiger partial charge in [0.05, 0.1) is 0 Å². The van der Waals surface area contributed by atoms with Gasteiger partial charge in [0, 0.05) is 24.9 Å². The van der Waals surface area contributed by atoms with Crippen molar-refractivity contribution in [1.82, 2.24) is 9.97 Å². The predicted octanol–water partition coefficient (Wildman–Crippen LogP) is 3.19. The standard InChI is InChI=1S/C14H25N3O/c1-7-9-15-12-10(3)11(4)16-13(17-12)14(5,8-2)18-6/h7-9H2,1-6H3,(H,15,16,17). The molecule has 0 amide bonds. The first-order valence-corrected chi connectivity index (χ1v) is 6.63. The third kappa shape index (κ3) is 2.99. The number of anilines is 1. The maximum atomic E-state index is 5.57. The van der Waals surface area contributed by atoms with Crippen molar-refractivity contribution in [2.24, 2.45) is 0 Å². The van der Waals surface area contributed by atoms with Crippen LogP contribution in [0, 0.1) is 13.8 Å². The predicted molar refractivity (Wildman–Crippen MR) is 74.9 cm³/mol. The highest BCUT2D eigenvalue weighted by molar-refractivity contribution is 5.45. The molecule has 0 saturated heterocycles. The van der Waals surface area contributed by atoms with Gasteiger partial charge in [-0.1, -0.05) is 13.8 Å². The van der Waals surface area contributed by atoms with Crippen molar-refractivity contribution in [2.75, 3.05) is 19.0 Å². The van der Waals surface area contributed by atoms with Crippen LogP contribution >= 0.6 is 0 Å². The van der Waals surface area contributed by atoms with E-state index in [0.29, 0.717) is 0 Å². The van der Waals surface area contributed by atoms with Crippen LogP contribution in [0.2, 0.25) is 0 Å². The zero-order valence-corrected chi connectivity index (χ0v) is 12.4. The highest BCUT2D eigenvalue weighted by atomic mass is 16.5. The molecule has 1 heterocycles. The third-order valence-corrected chi connectivity index (χ3v) is 3.53. The Morgan fingerprint density at radius 3 is 2.39 bits per heavy atom. The van der Waals surface area contributed by atoms with E-state index in [2.05, 4.69) is 29.1 Å². The van der Waals surface area contributed by atoms with Crippen molar-refractivity contribution in [3.05, 3.63) is 17.1 Å². The van der Waals surface area contributed by atoms with Crippen molar-refractivity contribution in [3.63, 3.8) is 0 Å². The molecule has 1 N–H and O–H groups in total. The molecule has 0 radical (unpaired) electrons. The summed E-state index contributed by atoms with van der Waals surface area (Å²) in [6, 6.07) is 0. The Morgan fingerprint density at radius 2 is 1.89 bits per heavy atom. The van der Waals surface area contributed by atoms with Crippen molar-refractivity contribution < 1.29 is 4.74 Å². The average Bonchev–Trinajstić information content (AvgIpc) is 2.39. The SMILES string of the molecule is CCCNc1nc(C(C)(CC)OC)nc(C)c1C. The minimum absolute atomic E-state index is 0.416. The number of aromatic nitrogens is 2. The van der Waals surface area contributed by atoms with Gasteiger partial charge in [0.1, 0.15) is 11.4 Å². The number of hydrogen-bond donors (Lipinski definition) is 1. The summed E-state index contributed by atoms with van der Waals surface area (Å²) in [5.74, 6) is 1.69. The third-order valence-electron chi connectivity index (χ3n) is 3.53. The van der Waals surface area contributed by atoms with Gasteiger partial charge in [-0.15, -0.1) is 0 Å². The summed E-state index contributed by atoms with van der Waals surface area (Å²) in [5.41, 5.74) is 1.71. The van der Waals surface area contributed by atoms with E-state index < -0.39 is 5.60 Å². The highest BCUT2D eigenvalue weighted by Gasteiger charge is 2.28. The number of hydrogen-bond acceptors (Lipinski definition) is 4. The van der Waals surface area contributed by atoms with E-state index in [9.17, 15) is 0 Å². The Morgan fingerprint density at radius 1 is 1.22 bits per heavy atom. The summed E-state index contributed by atoms with van der Waals surface area (Å²) in [6.07, 6.45) is 1.92. The number of nitrogens with zero attached hydrogens (tertiary/aromatic N) is 2. The lowest BCUT2D eigenvalue weighted by Gasteiger charge is -2.26. The van der Waals surface area contributed by atoms with E-state index in [1.54, 1.807) is 7.11 Å². The monoisotopic (exact) mass is 251 g/mol. The molecular weight excluding hydrogens is 226 g/mol. The van der Waals surface area contributed by atoms with Gasteiger partial charge >= 0.3 is 0 Å². The number of nitrogens with one attached hydrogen (secondary N) is 1. The second kappa shape index (κ2) is 6.14. The molecule has 1 rings (SSSR count). The summed E-state index contributed by atoms with van der Waals surface area (Å²) in [5, 5.41) is 3.36. The molecule has 0 aromatic carbocycles. The van der Waals surface area contributed by atoms with Gasteiger partial charge in [-0.2, -0.15) is 0 Å². The molecule has 18 heavy (non-hydrogen) atoms. The van der Waals surface area contributed by atoms with Crippen LogP contribution in [0.4, 0.5) is 5.82 Å². The molecule has 1 atom stereocenters. The molecule has 102 valence electrons. The Kier molecular flexibility index (Phi) is 5.08. The van der Waals surface area contributed by atoms with Crippen LogP contribution in [0.3, 0.4) is 0 Å². The smallest absolute Gasteiger partial charge is 0.162 e. The van der Waals surface area contributed by atoms with Crippen LogP contribution in [0.1, 0.15) is 50.7 Å². The molecule has 0 spiro atoms. The van der Waals surface area contributed by atoms with E-state index in [-0.39, 0.29) is 0 Å². The van der Waals surface area contributed by atoms with Gasteiger partial charge in [0.2, 0.25) is 0 Å². The first kappa shape index (κ1) is 14.9. The van der Waals surface area contributed by atoms with Gasteiger partial charge in [-0.05, 0) is 33.6 Å². The molecule has 0 saturated carbocycles. The van der Waals surface area contributed by atoms with Crippen molar-refractivity contribution in [2.45, 2.75) is 53.1 Å². The summed E-state index contributed by atoms with van der Waals surface area (Å²) in [4.78, 5) is 9.22. The van der Waals surface area contributed by atoms with E-state index in [1.807, 2.05) is 20.8 Å². The molecule has 0 aliphatic heterocycles. The van der Waals surface area contributed by atoms with E-state index >= 15 is 0 Å². The Balaban J connectivity index is 3.18. The highest BCUT2D eigenvalue weighted by Crippen LogP contribution is 2.27. The fraction of sp³-hybridized carbons (Fsp3) is 0.714. The lowest BCUT2D eigenvalue weighted by atomic mass is 10.0. The number of ether oxygens (including phenoxy) is 1. The minimum Gasteiger partial charge on any atom is -0.371 e. The summed E-state index contributed by atoms with van der Waals surface area (Å²) >= 11 is 0. The van der Waals surface area contributed by atoms with Crippen LogP contribution in [-0.4, -0.2) is 23.6 Å². The number of rotatable bonds is 6. The first-order chi connectivity index (χ1) is 8.48. The van der Waals surface area contributed by atoms with Gasteiger partial charge in [-0.25, -0.2) is 9.97 Å². The molecule has 0 aliphatic rings. The maximum absolute atomic E-state index is 5.57. The fourth-order valence-electron chi connectivity index (χ4n) is 1.67. The summed E-state index contributed by atoms with van der Waals surface area (Å²) in [7, 11) is 1.71. The van der Waals surface area contributed by atoms with E-state index in [0.717, 1.165) is 42.3 Å². The summed E-state index contributed by atoms with van der Waals surface area (Å²) in [6.45, 7) is 11.2. The molecule has 4 heteroatoms. The van der Waals surface area contributed by atoms with Crippen LogP contribution < -0.4 is 5.32 Å². The normalized spacial score (nSPS) is 14.3. The second-order valence-corrected chi connectivity index (χ2v) is 4.82. The largest absolute Gasteiger partial charge is 0.371 e. The van der Waals surface area contributed by atoms with Crippen LogP contribution in [-0.2, 0) is 10.3 Å². The van der Waals surface area contributed by atoms with Crippen molar-refractivity contribution in [3.8, 4) is 0 Å². The lowest BCUT2D eigenvalue weighted by Crippen LogP contribution is -2.27. The number of aryl methyl sites for hydroxylation is 1. The molecule has 1 aromatic heterocycles. The van der Waals surface area contributed by atoms with Crippen LogP contribution in [0.25, 0.3) is 0 Å². The molecule has 1 aromatic rings. The summed E-state index contributed by atoms with van der Waals surface area (Å²) < 4.78 is 5.57. The molecule has 4 nitrogen and oxygen atoms in total. The molecule has 0 fully saturated rings. The Hall–Kier alpha value is -1.16. The van der Waals surface area contributed by atoms with Gasteiger partial charge < -0.3 is 10.1 Å². The molecule has 0 aliphatic carbocycles. The van der Waals surface area contributed by atoms with E-state index in [4.69, 9.17) is 4.74 Å². The van der Waals surface area contributed by atoms with Gasteiger partial charge in [-0.3, -0.25) is 0 Å². The van der Waals surface area contributed by atoms with Crippen LogP contribution in [0.15, 0.2) is 0 Å². The lowest BCUT2D eigenvalue weighted by molar-refractivity contribution is -0.00901. The topological polar surface area (TPSA) is 47.0 Å². The zero-order chi connectivity index (χ0) is 13.8. The minimum atomic E-state index is -0.416. The van der Waals surface area contributed by atoms with E-state index in [1.165, 1.54) is 0 Å². The van der Waals surface area contributed by atoms with Crippen molar-refractivity contribution >= 4 is 5.82 Å². The van der Waals surface area contributed by atoms with Gasteiger partial charge in [0.15, 0.2) is 5.82 Å². The van der Waals surface area contributed by atoms with Crippen molar-refractivity contribution in [1.29, 1.82) is 0 Å². The zero-order valence-electron chi connectivity index (χ0n) is 12.4. The fourth-order valence-corrected chi connectivity index (χ4v) is 1.67. The molecular formula is C14H25N3O. The average molecular weight is 251 g/mol. The molecule has 0 bridgehead atoms. The Labute approximate surface area is 110 Å². The first-order valence-electron chi connectivity index (χ1n) is 6.63. The van der Waals surface area contributed by atoms with Gasteiger partial charge in [0.25, 0.3) is 0 Å². The van der Waals surface area contributed by atoms with Crippen LogP contribution in [0.5, 0.6) is 0 Å². The second-order valence-electron chi connectivity index (χ2n) is 4.82. The Bertz CT molecular complexity index is 400. The molecule has 1 unspecified atom stereocenters.